The second-order valence-electron chi connectivity index (χ2n) is 6.09. The molecule has 1 saturated heterocycles. The Kier molecular flexibility index (Phi) is 5.35. The van der Waals surface area contributed by atoms with Crippen LogP contribution in [0.3, 0.4) is 0 Å². The Morgan fingerprint density at radius 2 is 1.77 bits per heavy atom. The van der Waals surface area contributed by atoms with Gasteiger partial charge in [-0.1, -0.05) is 38.1 Å². The summed E-state index contributed by atoms with van der Waals surface area (Å²) in [7, 11) is 2.04. The summed E-state index contributed by atoms with van der Waals surface area (Å²) in [5.74, 6) is 0.309. The Morgan fingerprint density at radius 3 is 2.27 bits per heavy atom. The van der Waals surface area contributed by atoms with E-state index in [9.17, 15) is 10.1 Å². The lowest BCUT2D eigenvalue weighted by Crippen LogP contribution is -2.47. The zero-order valence-electron chi connectivity index (χ0n) is 13.5. The molecule has 4 nitrogen and oxygen atoms in total. The minimum absolute atomic E-state index is 0.163. The Balaban J connectivity index is 2.13. The molecule has 1 fully saturated rings. The fourth-order valence-corrected chi connectivity index (χ4v) is 2.47. The fourth-order valence-electron chi connectivity index (χ4n) is 2.47. The number of hydrogen-bond donors (Lipinski definition) is 0. The zero-order valence-corrected chi connectivity index (χ0v) is 13.5. The minimum Gasteiger partial charge on any atom is -0.335 e. The van der Waals surface area contributed by atoms with E-state index in [2.05, 4.69) is 24.8 Å². The molecule has 22 heavy (non-hydrogen) atoms. The van der Waals surface area contributed by atoms with Crippen molar-refractivity contribution in [1.82, 2.24) is 9.80 Å². The molecule has 1 aromatic carbocycles. The molecular formula is C18H23N3O. The topological polar surface area (TPSA) is 47.3 Å². The van der Waals surface area contributed by atoms with E-state index in [1.165, 1.54) is 5.56 Å². The maximum absolute atomic E-state index is 12.4. The summed E-state index contributed by atoms with van der Waals surface area (Å²) in [6, 6.07) is 10.1. The van der Waals surface area contributed by atoms with Gasteiger partial charge in [0.1, 0.15) is 11.6 Å². The first-order valence-electron chi connectivity index (χ1n) is 7.71. The quantitative estimate of drug-likeness (QED) is 0.636. The number of amides is 1. The number of nitrogens with zero attached hydrogens (tertiary/aromatic N) is 3. The minimum atomic E-state index is -0.163. The molecule has 1 amide bonds. The van der Waals surface area contributed by atoms with Crippen molar-refractivity contribution in [2.45, 2.75) is 19.8 Å². The molecule has 0 atom stereocenters. The summed E-state index contributed by atoms with van der Waals surface area (Å²) < 4.78 is 0. The Morgan fingerprint density at radius 1 is 1.18 bits per heavy atom. The van der Waals surface area contributed by atoms with Gasteiger partial charge in [-0.3, -0.25) is 4.79 Å². The summed E-state index contributed by atoms with van der Waals surface area (Å²) in [6.07, 6.45) is 1.69. The van der Waals surface area contributed by atoms with Crippen LogP contribution >= 0.6 is 0 Å². The van der Waals surface area contributed by atoms with E-state index in [4.69, 9.17) is 0 Å². The number of likely N-dealkylation sites (N-methyl/N-ethyl adjacent to an activating group) is 1. The van der Waals surface area contributed by atoms with Crippen LogP contribution in [-0.4, -0.2) is 48.9 Å². The van der Waals surface area contributed by atoms with E-state index >= 15 is 0 Å². The van der Waals surface area contributed by atoms with Crippen molar-refractivity contribution in [1.29, 1.82) is 5.26 Å². The van der Waals surface area contributed by atoms with Gasteiger partial charge in [-0.15, -0.1) is 0 Å². The normalized spacial score (nSPS) is 16.7. The van der Waals surface area contributed by atoms with E-state index < -0.39 is 0 Å². The van der Waals surface area contributed by atoms with Gasteiger partial charge in [0, 0.05) is 26.2 Å². The van der Waals surface area contributed by atoms with Crippen LogP contribution in [0, 0.1) is 11.3 Å². The second-order valence-corrected chi connectivity index (χ2v) is 6.09. The third kappa shape index (κ3) is 3.96. The van der Waals surface area contributed by atoms with Crippen molar-refractivity contribution < 1.29 is 4.79 Å². The van der Waals surface area contributed by atoms with Crippen molar-refractivity contribution in [2.75, 3.05) is 33.2 Å². The van der Waals surface area contributed by atoms with Crippen LogP contribution < -0.4 is 0 Å². The molecule has 0 saturated carbocycles. The molecule has 1 aromatic rings. The average molecular weight is 297 g/mol. The highest BCUT2D eigenvalue weighted by molar-refractivity contribution is 6.01. The largest absolute Gasteiger partial charge is 0.335 e. The van der Waals surface area contributed by atoms with E-state index in [1.54, 1.807) is 11.0 Å². The van der Waals surface area contributed by atoms with Crippen LogP contribution in [0.4, 0.5) is 0 Å². The second kappa shape index (κ2) is 7.24. The summed E-state index contributed by atoms with van der Waals surface area (Å²) in [5.41, 5.74) is 2.35. The number of rotatable bonds is 3. The summed E-state index contributed by atoms with van der Waals surface area (Å²) in [4.78, 5) is 16.4. The monoisotopic (exact) mass is 297 g/mol. The Labute approximate surface area is 132 Å². The maximum Gasteiger partial charge on any atom is 0.264 e. The molecule has 0 aromatic heterocycles. The van der Waals surface area contributed by atoms with E-state index in [0.29, 0.717) is 19.0 Å². The smallest absolute Gasteiger partial charge is 0.264 e. The average Bonchev–Trinajstić information content (AvgIpc) is 2.53. The predicted molar refractivity (Wildman–Crippen MR) is 88.2 cm³/mol. The fraction of sp³-hybridized carbons (Fsp3) is 0.444. The number of nitriles is 1. The number of carbonyl (C=O) groups is 1. The van der Waals surface area contributed by atoms with E-state index in [0.717, 1.165) is 18.7 Å². The molecule has 0 radical (unpaired) electrons. The van der Waals surface area contributed by atoms with E-state index in [1.807, 2.05) is 31.3 Å². The first kappa shape index (κ1) is 16.3. The van der Waals surface area contributed by atoms with Gasteiger partial charge < -0.3 is 9.80 Å². The third-order valence-corrected chi connectivity index (χ3v) is 4.06. The molecule has 2 rings (SSSR count). The van der Waals surface area contributed by atoms with Gasteiger partial charge in [0.05, 0.1) is 0 Å². The lowest BCUT2D eigenvalue weighted by atomic mass is 10.0. The van der Waals surface area contributed by atoms with Crippen LogP contribution in [0.5, 0.6) is 0 Å². The highest BCUT2D eigenvalue weighted by atomic mass is 16.2. The predicted octanol–water partition coefficient (Wildman–Crippen LogP) is 2.49. The molecule has 1 aliphatic rings. The van der Waals surface area contributed by atoms with Crippen LogP contribution in [0.15, 0.2) is 29.8 Å². The van der Waals surface area contributed by atoms with Crippen molar-refractivity contribution >= 4 is 12.0 Å². The van der Waals surface area contributed by atoms with E-state index in [-0.39, 0.29) is 11.5 Å². The molecule has 0 N–H and O–H groups in total. The molecule has 0 aliphatic carbocycles. The van der Waals surface area contributed by atoms with Crippen LogP contribution in [0.1, 0.15) is 30.9 Å². The Hall–Kier alpha value is -2.12. The van der Waals surface area contributed by atoms with Gasteiger partial charge >= 0.3 is 0 Å². The van der Waals surface area contributed by atoms with Crippen LogP contribution in [-0.2, 0) is 4.79 Å². The van der Waals surface area contributed by atoms with Gasteiger partial charge in [-0.25, -0.2) is 0 Å². The Bertz CT molecular complexity index is 588. The van der Waals surface area contributed by atoms with Crippen molar-refractivity contribution in [3.05, 3.63) is 41.0 Å². The van der Waals surface area contributed by atoms with Crippen molar-refractivity contribution in [3.8, 4) is 6.07 Å². The van der Waals surface area contributed by atoms with Gasteiger partial charge in [-0.05, 0) is 30.2 Å². The SMILES string of the molecule is CC(C)c1ccc(/C=C(\C#N)C(=O)N2CCN(C)CC2)cc1. The molecule has 0 unspecified atom stereocenters. The first-order chi connectivity index (χ1) is 10.5. The summed E-state index contributed by atoms with van der Waals surface area (Å²) >= 11 is 0. The molecule has 116 valence electrons. The van der Waals surface area contributed by atoms with Gasteiger partial charge in [0.25, 0.3) is 5.91 Å². The van der Waals surface area contributed by atoms with Gasteiger partial charge in [0.2, 0.25) is 0 Å². The maximum atomic E-state index is 12.4. The van der Waals surface area contributed by atoms with Crippen molar-refractivity contribution in [3.63, 3.8) is 0 Å². The molecule has 0 spiro atoms. The summed E-state index contributed by atoms with van der Waals surface area (Å²) in [6.45, 7) is 7.35. The highest BCUT2D eigenvalue weighted by Crippen LogP contribution is 2.17. The van der Waals surface area contributed by atoms with Crippen LogP contribution in [0.25, 0.3) is 6.08 Å². The summed E-state index contributed by atoms with van der Waals surface area (Å²) in [5, 5.41) is 9.31. The molecule has 0 bridgehead atoms. The lowest BCUT2D eigenvalue weighted by Gasteiger charge is -2.32. The third-order valence-electron chi connectivity index (χ3n) is 4.06. The standard InChI is InChI=1S/C18H23N3O/c1-14(2)16-6-4-15(5-7-16)12-17(13-19)18(22)21-10-8-20(3)9-11-21/h4-7,12,14H,8-11H2,1-3H3/b17-12+. The molecule has 1 aliphatic heterocycles. The zero-order chi connectivity index (χ0) is 16.1. The number of benzene rings is 1. The molecular weight excluding hydrogens is 274 g/mol. The number of carbonyl (C=O) groups excluding carboxylic acids is 1. The lowest BCUT2D eigenvalue weighted by molar-refractivity contribution is -0.128. The van der Waals surface area contributed by atoms with Crippen molar-refractivity contribution in [2.24, 2.45) is 0 Å². The molecule has 1 heterocycles. The van der Waals surface area contributed by atoms with Crippen LogP contribution in [0.2, 0.25) is 0 Å². The van der Waals surface area contributed by atoms with Gasteiger partial charge in [-0.2, -0.15) is 5.26 Å². The van der Waals surface area contributed by atoms with Gasteiger partial charge in [0.15, 0.2) is 0 Å². The number of piperazine rings is 1. The first-order valence-corrected chi connectivity index (χ1v) is 7.71. The molecule has 4 heteroatoms. The number of hydrogen-bond acceptors (Lipinski definition) is 3. The highest BCUT2D eigenvalue weighted by Gasteiger charge is 2.22.